The largest absolute Gasteiger partial charge is 0.366 e. The van der Waals surface area contributed by atoms with E-state index in [1.165, 1.54) is 0 Å². The lowest BCUT2D eigenvalue weighted by atomic mass is 10.1. The van der Waals surface area contributed by atoms with E-state index in [4.69, 9.17) is 11.5 Å². The lowest BCUT2D eigenvalue weighted by molar-refractivity contribution is 0.1000. The van der Waals surface area contributed by atoms with Crippen molar-refractivity contribution in [3.05, 3.63) is 35.4 Å². The van der Waals surface area contributed by atoms with Gasteiger partial charge in [-0.15, -0.1) is 0 Å². The van der Waals surface area contributed by atoms with Gasteiger partial charge in [-0.25, -0.2) is 0 Å². The molecule has 0 aliphatic carbocycles. The van der Waals surface area contributed by atoms with Gasteiger partial charge in [0, 0.05) is 31.2 Å². The summed E-state index contributed by atoms with van der Waals surface area (Å²) in [4.78, 5) is 13.3. The molecule has 2 rings (SSSR count). The van der Waals surface area contributed by atoms with Gasteiger partial charge >= 0.3 is 0 Å². The molecule has 1 amide bonds. The number of nitrogens with zero attached hydrogens (tertiary/aromatic N) is 1. The molecule has 0 aromatic heterocycles. The number of carbonyl (C=O) groups is 1. The minimum absolute atomic E-state index is 0.291. The number of hydrogen-bond donors (Lipinski definition) is 2. The highest BCUT2D eigenvalue weighted by Crippen LogP contribution is 2.13. The Bertz CT molecular complexity index is 392. The summed E-state index contributed by atoms with van der Waals surface area (Å²) < 4.78 is 0. The maximum atomic E-state index is 11.0. The normalized spacial score (nSPS) is 21.2. The van der Waals surface area contributed by atoms with Crippen LogP contribution in [0.3, 0.4) is 0 Å². The Kier molecular flexibility index (Phi) is 3.22. The third-order valence-corrected chi connectivity index (χ3v) is 2.93. The molecular weight excluding hydrogens is 202 g/mol. The van der Waals surface area contributed by atoms with Crippen LogP contribution < -0.4 is 11.5 Å². The first-order chi connectivity index (χ1) is 7.65. The zero-order valence-electron chi connectivity index (χ0n) is 9.23. The maximum Gasteiger partial charge on any atom is 0.248 e. The van der Waals surface area contributed by atoms with E-state index < -0.39 is 0 Å². The van der Waals surface area contributed by atoms with E-state index in [0.29, 0.717) is 11.6 Å². The van der Waals surface area contributed by atoms with Crippen molar-refractivity contribution in [2.24, 2.45) is 11.5 Å². The van der Waals surface area contributed by atoms with Crippen molar-refractivity contribution in [1.29, 1.82) is 0 Å². The van der Waals surface area contributed by atoms with E-state index in [1.807, 2.05) is 18.2 Å². The third kappa shape index (κ3) is 2.59. The molecule has 1 saturated heterocycles. The number of benzene rings is 1. The standard InChI is InChI=1S/C12H17N3O/c13-11-4-5-15(8-11)7-9-2-1-3-10(6-9)12(14)16/h1-3,6,11H,4-5,7-8,13H2,(H2,14,16)/t11-/m1/s1. The molecule has 4 heteroatoms. The molecule has 0 saturated carbocycles. The summed E-state index contributed by atoms with van der Waals surface area (Å²) in [5, 5.41) is 0. The summed E-state index contributed by atoms with van der Waals surface area (Å²) >= 11 is 0. The van der Waals surface area contributed by atoms with E-state index in [0.717, 1.165) is 31.6 Å². The van der Waals surface area contributed by atoms with Gasteiger partial charge in [0.05, 0.1) is 0 Å². The van der Waals surface area contributed by atoms with Gasteiger partial charge in [0.25, 0.3) is 0 Å². The monoisotopic (exact) mass is 219 g/mol. The minimum Gasteiger partial charge on any atom is -0.366 e. The van der Waals surface area contributed by atoms with E-state index in [9.17, 15) is 4.79 Å². The second kappa shape index (κ2) is 4.63. The zero-order chi connectivity index (χ0) is 11.5. The van der Waals surface area contributed by atoms with E-state index >= 15 is 0 Å². The first-order valence-corrected chi connectivity index (χ1v) is 5.52. The summed E-state index contributed by atoms with van der Waals surface area (Å²) in [5.41, 5.74) is 12.8. The van der Waals surface area contributed by atoms with Crippen molar-refractivity contribution in [3.8, 4) is 0 Å². The molecule has 1 atom stereocenters. The van der Waals surface area contributed by atoms with E-state index in [2.05, 4.69) is 4.90 Å². The fourth-order valence-electron chi connectivity index (χ4n) is 2.09. The Hall–Kier alpha value is -1.39. The first kappa shape index (κ1) is 11.1. The molecule has 1 aliphatic rings. The Morgan fingerprint density at radius 3 is 2.94 bits per heavy atom. The van der Waals surface area contributed by atoms with Gasteiger partial charge in [0.2, 0.25) is 5.91 Å². The molecule has 0 spiro atoms. The first-order valence-electron chi connectivity index (χ1n) is 5.52. The molecule has 16 heavy (non-hydrogen) atoms. The molecule has 0 bridgehead atoms. The van der Waals surface area contributed by atoms with Gasteiger partial charge in [0.1, 0.15) is 0 Å². The average molecular weight is 219 g/mol. The third-order valence-electron chi connectivity index (χ3n) is 2.93. The summed E-state index contributed by atoms with van der Waals surface area (Å²) in [5.74, 6) is -0.375. The van der Waals surface area contributed by atoms with Crippen LogP contribution in [0, 0.1) is 0 Å². The lowest BCUT2D eigenvalue weighted by Gasteiger charge is -2.15. The Labute approximate surface area is 95.2 Å². The molecule has 0 radical (unpaired) electrons. The number of likely N-dealkylation sites (tertiary alicyclic amines) is 1. The summed E-state index contributed by atoms with van der Waals surface area (Å²) in [6, 6.07) is 7.76. The molecule has 1 aliphatic heterocycles. The summed E-state index contributed by atoms with van der Waals surface area (Å²) in [6.07, 6.45) is 1.05. The zero-order valence-corrected chi connectivity index (χ0v) is 9.23. The van der Waals surface area contributed by atoms with Crippen molar-refractivity contribution in [3.63, 3.8) is 0 Å². The van der Waals surface area contributed by atoms with Gasteiger partial charge in [0.15, 0.2) is 0 Å². The summed E-state index contributed by atoms with van der Waals surface area (Å²) in [7, 11) is 0. The SMILES string of the molecule is NC(=O)c1cccc(CN2CC[C@@H](N)C2)c1. The van der Waals surface area contributed by atoms with Gasteiger partial charge in [-0.05, 0) is 24.1 Å². The smallest absolute Gasteiger partial charge is 0.248 e. The van der Waals surface area contributed by atoms with Crippen molar-refractivity contribution in [2.45, 2.75) is 19.0 Å². The van der Waals surface area contributed by atoms with Crippen LogP contribution in [0.25, 0.3) is 0 Å². The Balaban J connectivity index is 2.04. The molecule has 1 aromatic rings. The number of primary amides is 1. The Morgan fingerprint density at radius 2 is 2.31 bits per heavy atom. The van der Waals surface area contributed by atoms with Gasteiger partial charge in [-0.2, -0.15) is 0 Å². The fourth-order valence-corrected chi connectivity index (χ4v) is 2.09. The van der Waals surface area contributed by atoms with Crippen molar-refractivity contribution in [2.75, 3.05) is 13.1 Å². The van der Waals surface area contributed by atoms with Crippen LogP contribution in [0.4, 0.5) is 0 Å². The number of rotatable bonds is 3. The quantitative estimate of drug-likeness (QED) is 0.769. The van der Waals surface area contributed by atoms with Crippen LogP contribution in [0.2, 0.25) is 0 Å². The highest BCUT2D eigenvalue weighted by Gasteiger charge is 2.18. The number of hydrogen-bond acceptors (Lipinski definition) is 3. The second-order valence-electron chi connectivity index (χ2n) is 4.35. The van der Waals surface area contributed by atoms with Gasteiger partial charge < -0.3 is 11.5 Å². The predicted molar refractivity (Wildman–Crippen MR) is 62.8 cm³/mol. The Morgan fingerprint density at radius 1 is 1.50 bits per heavy atom. The van der Waals surface area contributed by atoms with Crippen LogP contribution in [-0.2, 0) is 6.54 Å². The topological polar surface area (TPSA) is 72.4 Å². The lowest BCUT2D eigenvalue weighted by Crippen LogP contribution is -2.26. The predicted octanol–water partition coefficient (Wildman–Crippen LogP) is 0.319. The fraction of sp³-hybridized carbons (Fsp3) is 0.417. The molecule has 86 valence electrons. The highest BCUT2D eigenvalue weighted by atomic mass is 16.1. The molecular formula is C12H17N3O. The molecule has 4 nitrogen and oxygen atoms in total. The number of amides is 1. The van der Waals surface area contributed by atoms with Crippen LogP contribution >= 0.6 is 0 Å². The molecule has 4 N–H and O–H groups in total. The molecule has 0 unspecified atom stereocenters. The highest BCUT2D eigenvalue weighted by molar-refractivity contribution is 5.92. The molecule has 1 aromatic carbocycles. The van der Waals surface area contributed by atoms with Crippen molar-refractivity contribution < 1.29 is 4.79 Å². The number of nitrogens with two attached hydrogens (primary N) is 2. The van der Waals surface area contributed by atoms with Gasteiger partial charge in [-0.3, -0.25) is 9.69 Å². The molecule has 1 fully saturated rings. The maximum absolute atomic E-state index is 11.0. The van der Waals surface area contributed by atoms with Crippen molar-refractivity contribution in [1.82, 2.24) is 4.90 Å². The minimum atomic E-state index is -0.375. The average Bonchev–Trinajstić information content (AvgIpc) is 2.64. The van der Waals surface area contributed by atoms with Crippen LogP contribution in [0.5, 0.6) is 0 Å². The van der Waals surface area contributed by atoms with E-state index in [1.54, 1.807) is 6.07 Å². The number of carbonyl (C=O) groups excluding carboxylic acids is 1. The van der Waals surface area contributed by atoms with Crippen LogP contribution in [0.15, 0.2) is 24.3 Å². The van der Waals surface area contributed by atoms with Gasteiger partial charge in [-0.1, -0.05) is 12.1 Å². The molecule has 1 heterocycles. The van der Waals surface area contributed by atoms with Crippen LogP contribution in [-0.4, -0.2) is 29.9 Å². The van der Waals surface area contributed by atoms with E-state index in [-0.39, 0.29) is 5.91 Å². The van der Waals surface area contributed by atoms with Crippen LogP contribution in [0.1, 0.15) is 22.3 Å². The summed E-state index contributed by atoms with van der Waals surface area (Å²) in [6.45, 7) is 2.80. The van der Waals surface area contributed by atoms with Crippen molar-refractivity contribution >= 4 is 5.91 Å². The second-order valence-corrected chi connectivity index (χ2v) is 4.35.